The Kier molecular flexibility index (Phi) is 3.46. The van der Waals surface area contributed by atoms with Gasteiger partial charge in [-0.15, -0.1) is 0 Å². The van der Waals surface area contributed by atoms with Gasteiger partial charge in [-0.3, -0.25) is 4.79 Å². The molecule has 1 fully saturated rings. The van der Waals surface area contributed by atoms with E-state index in [0.717, 1.165) is 12.8 Å². The first-order valence-electron chi connectivity index (χ1n) is 6.43. The van der Waals surface area contributed by atoms with Gasteiger partial charge in [0.15, 0.2) is 0 Å². The molecule has 0 unspecified atom stereocenters. The summed E-state index contributed by atoms with van der Waals surface area (Å²) in [5, 5.41) is 0. The molecule has 0 aromatic heterocycles. The molecule has 2 rings (SSSR count). The maximum atomic E-state index is 12.0. The van der Waals surface area contributed by atoms with Crippen LogP contribution in [0.15, 0.2) is 11.6 Å². The lowest BCUT2D eigenvalue weighted by Crippen LogP contribution is -2.37. The van der Waals surface area contributed by atoms with Crippen molar-refractivity contribution in [1.82, 2.24) is 0 Å². The Labute approximate surface area is 107 Å². The summed E-state index contributed by atoms with van der Waals surface area (Å²) < 4.78 is 10.3. The lowest BCUT2D eigenvalue weighted by Gasteiger charge is -2.25. The van der Waals surface area contributed by atoms with Crippen molar-refractivity contribution >= 4 is 11.9 Å². The summed E-state index contributed by atoms with van der Waals surface area (Å²) in [4.78, 5) is 23.6. The van der Waals surface area contributed by atoms with E-state index in [1.165, 1.54) is 5.57 Å². The molecule has 1 aliphatic carbocycles. The van der Waals surface area contributed by atoms with E-state index in [9.17, 15) is 9.59 Å². The molecular formula is C14H20O4. The van der Waals surface area contributed by atoms with E-state index in [1.54, 1.807) is 0 Å². The number of esters is 2. The molecule has 0 bridgehead atoms. The third kappa shape index (κ3) is 2.57. The molecule has 0 aromatic rings. The molecule has 0 saturated carbocycles. The van der Waals surface area contributed by atoms with Gasteiger partial charge in [0, 0.05) is 5.41 Å². The van der Waals surface area contributed by atoms with Crippen molar-refractivity contribution in [3.05, 3.63) is 11.6 Å². The molecule has 1 saturated heterocycles. The van der Waals surface area contributed by atoms with Crippen LogP contribution in [0.3, 0.4) is 0 Å². The quantitative estimate of drug-likeness (QED) is 0.558. The van der Waals surface area contributed by atoms with E-state index in [4.69, 9.17) is 9.47 Å². The van der Waals surface area contributed by atoms with E-state index in [2.05, 4.69) is 13.0 Å². The Balaban J connectivity index is 1.97. The summed E-state index contributed by atoms with van der Waals surface area (Å²) in [5.41, 5.74) is 0.896. The van der Waals surface area contributed by atoms with Crippen LogP contribution in [-0.4, -0.2) is 24.6 Å². The Bertz CT molecular complexity index is 395. The third-order valence-electron chi connectivity index (χ3n) is 3.72. The summed E-state index contributed by atoms with van der Waals surface area (Å²) >= 11 is 0. The van der Waals surface area contributed by atoms with Crippen molar-refractivity contribution in [2.75, 3.05) is 6.61 Å². The molecule has 1 heterocycles. The number of hydrogen-bond acceptors (Lipinski definition) is 4. The van der Waals surface area contributed by atoms with Crippen LogP contribution in [0.4, 0.5) is 0 Å². The highest BCUT2D eigenvalue weighted by Crippen LogP contribution is 2.33. The summed E-state index contributed by atoms with van der Waals surface area (Å²) in [6, 6.07) is 0. The molecule has 100 valence electrons. The largest absolute Gasteiger partial charge is 0.462 e. The Morgan fingerprint density at radius 3 is 2.72 bits per heavy atom. The minimum absolute atomic E-state index is 0.113. The van der Waals surface area contributed by atoms with Gasteiger partial charge in [-0.2, -0.15) is 0 Å². The van der Waals surface area contributed by atoms with Crippen molar-refractivity contribution in [2.45, 2.75) is 46.1 Å². The van der Waals surface area contributed by atoms with Gasteiger partial charge in [0.25, 0.3) is 0 Å². The number of carbonyl (C=O) groups excluding carboxylic acids is 2. The van der Waals surface area contributed by atoms with Crippen molar-refractivity contribution in [3.63, 3.8) is 0 Å². The van der Waals surface area contributed by atoms with Crippen LogP contribution < -0.4 is 0 Å². The second-order valence-electron chi connectivity index (χ2n) is 5.93. The van der Waals surface area contributed by atoms with Crippen LogP contribution in [-0.2, 0) is 19.1 Å². The highest BCUT2D eigenvalue weighted by atomic mass is 16.6. The topological polar surface area (TPSA) is 52.6 Å². The van der Waals surface area contributed by atoms with Gasteiger partial charge in [-0.1, -0.05) is 25.5 Å². The normalized spacial score (nSPS) is 30.6. The first-order valence-corrected chi connectivity index (χ1v) is 6.43. The molecule has 0 N–H and O–H groups in total. The predicted molar refractivity (Wildman–Crippen MR) is 65.7 cm³/mol. The van der Waals surface area contributed by atoms with Crippen LogP contribution in [0, 0.1) is 11.3 Å². The molecule has 2 aliphatic rings. The fraction of sp³-hybridized carbons (Fsp3) is 0.714. The summed E-state index contributed by atoms with van der Waals surface area (Å²) in [7, 11) is 0. The molecule has 1 aliphatic heterocycles. The average Bonchev–Trinajstić information content (AvgIpc) is 2.57. The number of hydrogen-bond donors (Lipinski definition) is 0. The van der Waals surface area contributed by atoms with E-state index >= 15 is 0 Å². The highest BCUT2D eigenvalue weighted by Gasteiger charge is 2.47. The second kappa shape index (κ2) is 4.75. The molecule has 0 spiro atoms. The summed E-state index contributed by atoms with van der Waals surface area (Å²) in [6.45, 7) is 6.13. The van der Waals surface area contributed by atoms with Crippen molar-refractivity contribution < 1.29 is 19.1 Å². The Morgan fingerprint density at radius 2 is 2.22 bits per heavy atom. The molecule has 0 radical (unpaired) electrons. The van der Waals surface area contributed by atoms with Crippen LogP contribution in [0.2, 0.25) is 0 Å². The van der Waals surface area contributed by atoms with Gasteiger partial charge in [0.05, 0.1) is 5.92 Å². The first-order chi connectivity index (χ1) is 8.40. The zero-order chi connectivity index (χ0) is 13.3. The lowest BCUT2D eigenvalue weighted by atomic mass is 9.88. The predicted octanol–water partition coefficient (Wildman–Crippen LogP) is 2.23. The maximum Gasteiger partial charge on any atom is 0.348 e. The molecule has 4 heteroatoms. The molecule has 2 atom stereocenters. The Hall–Kier alpha value is -1.32. The van der Waals surface area contributed by atoms with Crippen LogP contribution in [0.5, 0.6) is 0 Å². The smallest absolute Gasteiger partial charge is 0.348 e. The maximum absolute atomic E-state index is 12.0. The molecule has 0 aromatic carbocycles. The number of ether oxygens (including phenoxy) is 2. The van der Waals surface area contributed by atoms with Crippen molar-refractivity contribution in [2.24, 2.45) is 11.3 Å². The molecule has 4 nitrogen and oxygen atoms in total. The van der Waals surface area contributed by atoms with E-state index in [0.29, 0.717) is 13.0 Å². The minimum atomic E-state index is -0.753. The fourth-order valence-corrected chi connectivity index (χ4v) is 2.33. The minimum Gasteiger partial charge on any atom is -0.462 e. The SMILES string of the molecule is CC1=CC[C@@H](C(=O)O[C@H]2C(=O)OCC2(C)C)CC1. The summed E-state index contributed by atoms with van der Waals surface area (Å²) in [6.07, 6.45) is 3.78. The number of allylic oxidation sites excluding steroid dienone is 2. The molecule has 0 amide bonds. The highest BCUT2D eigenvalue weighted by molar-refractivity contribution is 5.82. The second-order valence-corrected chi connectivity index (χ2v) is 5.93. The van der Waals surface area contributed by atoms with Crippen molar-refractivity contribution in [3.8, 4) is 0 Å². The van der Waals surface area contributed by atoms with Gasteiger partial charge in [-0.05, 0) is 26.2 Å². The lowest BCUT2D eigenvalue weighted by molar-refractivity contribution is -0.166. The van der Waals surface area contributed by atoms with E-state index in [1.807, 2.05) is 13.8 Å². The Morgan fingerprint density at radius 1 is 1.50 bits per heavy atom. The van der Waals surface area contributed by atoms with E-state index in [-0.39, 0.29) is 11.9 Å². The van der Waals surface area contributed by atoms with Gasteiger partial charge in [0.1, 0.15) is 6.61 Å². The van der Waals surface area contributed by atoms with Gasteiger partial charge in [0.2, 0.25) is 6.10 Å². The molecule has 18 heavy (non-hydrogen) atoms. The van der Waals surface area contributed by atoms with Crippen molar-refractivity contribution in [1.29, 1.82) is 0 Å². The standard InChI is InChI=1S/C14H20O4/c1-9-4-6-10(7-5-9)12(15)18-11-13(16)17-8-14(11,2)3/h4,10-11H,5-8H2,1-3H3/t10-,11+/m1/s1. The number of carbonyl (C=O) groups is 2. The van der Waals surface area contributed by atoms with E-state index < -0.39 is 17.5 Å². The van der Waals surface area contributed by atoms with Gasteiger partial charge in [-0.25, -0.2) is 4.79 Å². The van der Waals surface area contributed by atoms with Crippen LogP contribution >= 0.6 is 0 Å². The van der Waals surface area contributed by atoms with Gasteiger partial charge < -0.3 is 9.47 Å². The zero-order valence-electron chi connectivity index (χ0n) is 11.2. The number of cyclic esters (lactones) is 1. The van der Waals surface area contributed by atoms with Gasteiger partial charge >= 0.3 is 11.9 Å². The summed E-state index contributed by atoms with van der Waals surface area (Å²) in [5.74, 6) is -0.801. The van der Waals surface area contributed by atoms with Crippen LogP contribution in [0.25, 0.3) is 0 Å². The number of rotatable bonds is 2. The zero-order valence-corrected chi connectivity index (χ0v) is 11.2. The van der Waals surface area contributed by atoms with Crippen LogP contribution in [0.1, 0.15) is 40.0 Å². The fourth-order valence-electron chi connectivity index (χ4n) is 2.33. The first kappa shape index (κ1) is 13.1. The molecular weight excluding hydrogens is 232 g/mol. The monoisotopic (exact) mass is 252 g/mol. The third-order valence-corrected chi connectivity index (χ3v) is 3.72. The average molecular weight is 252 g/mol.